The van der Waals surface area contributed by atoms with E-state index in [4.69, 9.17) is 14.9 Å². The smallest absolute Gasteiger partial charge is 0.408 e. The topological polar surface area (TPSA) is 147 Å². The Morgan fingerprint density at radius 2 is 2.03 bits per heavy atom. The third kappa shape index (κ3) is 6.38. The van der Waals surface area contributed by atoms with Crippen molar-refractivity contribution in [1.82, 2.24) is 20.5 Å². The highest BCUT2D eigenvalue weighted by Gasteiger charge is 2.23. The van der Waals surface area contributed by atoms with Crippen LogP contribution in [-0.4, -0.2) is 62.0 Å². The summed E-state index contributed by atoms with van der Waals surface area (Å²) >= 11 is 0. The molecule has 0 aliphatic carbocycles. The Kier molecular flexibility index (Phi) is 8.86. The largest absolute Gasteiger partial charge is 0.419 e. The maximum atomic E-state index is 12.5. The second kappa shape index (κ2) is 12.5. The van der Waals surface area contributed by atoms with Gasteiger partial charge in [0.1, 0.15) is 12.1 Å². The van der Waals surface area contributed by atoms with Crippen molar-refractivity contribution in [1.29, 1.82) is 5.26 Å². The normalized spacial score (nSPS) is 16.8. The van der Waals surface area contributed by atoms with Gasteiger partial charge in [-0.3, -0.25) is 9.36 Å². The molecule has 0 radical (unpaired) electrons. The van der Waals surface area contributed by atoms with E-state index in [1.165, 1.54) is 0 Å². The number of rotatable bonds is 10. The Hall–Kier alpha value is -3.49. The average molecular weight is 493 g/mol. The van der Waals surface area contributed by atoms with Crippen LogP contribution in [0.3, 0.4) is 0 Å². The number of benzene rings is 2. The summed E-state index contributed by atoms with van der Waals surface area (Å²) in [4.78, 5) is 24.8. The SMILES string of the molecule is N#C[C@H](Cc1ccc(-c2ccc3oc(=O)n(CCNCCN)c3c2)cc1)NC(=O)[C@@H]1CNCCCO1. The quantitative estimate of drug-likeness (QED) is 0.303. The van der Waals surface area contributed by atoms with Gasteiger partial charge in [-0.1, -0.05) is 30.3 Å². The highest BCUT2D eigenvalue weighted by atomic mass is 16.5. The fourth-order valence-electron chi connectivity index (χ4n) is 4.22. The molecule has 1 fully saturated rings. The second-order valence-corrected chi connectivity index (χ2v) is 8.75. The lowest BCUT2D eigenvalue weighted by atomic mass is 10.0. The van der Waals surface area contributed by atoms with Gasteiger partial charge in [0.25, 0.3) is 5.91 Å². The minimum absolute atomic E-state index is 0.273. The van der Waals surface area contributed by atoms with Gasteiger partial charge in [-0.15, -0.1) is 0 Å². The van der Waals surface area contributed by atoms with Crippen LogP contribution in [0.25, 0.3) is 22.2 Å². The summed E-state index contributed by atoms with van der Waals surface area (Å²) in [6.45, 7) is 4.10. The zero-order chi connectivity index (χ0) is 25.3. The third-order valence-corrected chi connectivity index (χ3v) is 6.14. The van der Waals surface area contributed by atoms with Gasteiger partial charge in [0.05, 0.1) is 11.6 Å². The van der Waals surface area contributed by atoms with Gasteiger partial charge in [-0.05, 0) is 41.8 Å². The van der Waals surface area contributed by atoms with Gasteiger partial charge < -0.3 is 30.8 Å². The Labute approximate surface area is 209 Å². The van der Waals surface area contributed by atoms with Gasteiger partial charge in [-0.25, -0.2) is 4.79 Å². The second-order valence-electron chi connectivity index (χ2n) is 8.75. The number of carbonyl (C=O) groups is 1. The Balaban J connectivity index is 1.43. The lowest BCUT2D eigenvalue weighted by molar-refractivity contribution is -0.132. The van der Waals surface area contributed by atoms with Crippen LogP contribution in [0.2, 0.25) is 0 Å². The number of ether oxygens (including phenoxy) is 1. The highest BCUT2D eigenvalue weighted by Crippen LogP contribution is 2.25. The average Bonchev–Trinajstić information content (AvgIpc) is 3.05. The molecule has 10 heteroatoms. The summed E-state index contributed by atoms with van der Waals surface area (Å²) in [6, 6.07) is 15.0. The van der Waals surface area contributed by atoms with E-state index in [2.05, 4.69) is 22.0 Å². The number of nitrogens with one attached hydrogen (secondary N) is 3. The van der Waals surface area contributed by atoms with Crippen LogP contribution in [0.4, 0.5) is 0 Å². The van der Waals surface area contributed by atoms with Crippen molar-refractivity contribution in [2.75, 3.05) is 39.3 Å². The first kappa shape index (κ1) is 25.6. The molecule has 4 rings (SSSR count). The number of nitrogens with zero attached hydrogens (tertiary/aromatic N) is 2. The first-order valence-corrected chi connectivity index (χ1v) is 12.2. The predicted molar refractivity (Wildman–Crippen MR) is 136 cm³/mol. The van der Waals surface area contributed by atoms with Crippen molar-refractivity contribution < 1.29 is 13.9 Å². The molecule has 1 aromatic heterocycles. The molecule has 10 nitrogen and oxygen atoms in total. The maximum Gasteiger partial charge on any atom is 0.419 e. The molecule has 1 amide bonds. The van der Waals surface area contributed by atoms with Crippen molar-refractivity contribution in [3.63, 3.8) is 0 Å². The number of oxazole rings is 1. The number of hydrogen-bond acceptors (Lipinski definition) is 8. The monoisotopic (exact) mass is 492 g/mol. The first-order valence-electron chi connectivity index (χ1n) is 12.2. The summed E-state index contributed by atoms with van der Waals surface area (Å²) < 4.78 is 12.6. The molecule has 0 bridgehead atoms. The van der Waals surface area contributed by atoms with E-state index < -0.39 is 12.1 Å². The molecule has 2 atom stereocenters. The van der Waals surface area contributed by atoms with Gasteiger partial charge in [-0.2, -0.15) is 5.26 Å². The molecule has 0 spiro atoms. The van der Waals surface area contributed by atoms with E-state index >= 15 is 0 Å². The number of fused-ring (bicyclic) bond motifs is 1. The minimum Gasteiger partial charge on any atom is -0.408 e. The molecule has 3 aromatic rings. The molecule has 36 heavy (non-hydrogen) atoms. The molecule has 2 aromatic carbocycles. The number of nitrogens with two attached hydrogens (primary N) is 1. The molecular formula is C26H32N6O4. The van der Waals surface area contributed by atoms with Crippen molar-refractivity contribution >= 4 is 17.0 Å². The molecule has 190 valence electrons. The molecule has 0 unspecified atom stereocenters. The van der Waals surface area contributed by atoms with Crippen molar-refractivity contribution in [3.05, 3.63) is 58.6 Å². The molecule has 2 heterocycles. The van der Waals surface area contributed by atoms with E-state index in [0.717, 1.165) is 35.2 Å². The maximum absolute atomic E-state index is 12.5. The summed E-state index contributed by atoms with van der Waals surface area (Å²) in [5.41, 5.74) is 9.62. The highest BCUT2D eigenvalue weighted by molar-refractivity contribution is 5.82. The molecule has 1 saturated heterocycles. The number of aromatic nitrogens is 1. The minimum atomic E-state index is -0.653. The van der Waals surface area contributed by atoms with E-state index in [0.29, 0.717) is 51.3 Å². The van der Waals surface area contributed by atoms with Gasteiger partial charge in [0.2, 0.25) is 0 Å². The van der Waals surface area contributed by atoms with Crippen molar-refractivity contribution in [2.45, 2.75) is 31.5 Å². The zero-order valence-electron chi connectivity index (χ0n) is 20.2. The Bertz CT molecular complexity index is 1250. The van der Waals surface area contributed by atoms with Crippen LogP contribution in [0.15, 0.2) is 51.7 Å². The summed E-state index contributed by atoms with van der Waals surface area (Å²) in [5.74, 6) is -0.660. The number of carbonyl (C=O) groups excluding carboxylic acids is 1. The predicted octanol–water partition coefficient (Wildman–Crippen LogP) is 0.739. The van der Waals surface area contributed by atoms with E-state index in [-0.39, 0.29) is 11.7 Å². The third-order valence-electron chi connectivity index (χ3n) is 6.14. The summed E-state index contributed by atoms with van der Waals surface area (Å²) in [7, 11) is 0. The number of amides is 1. The van der Waals surface area contributed by atoms with E-state index in [9.17, 15) is 14.9 Å². The molecular weight excluding hydrogens is 460 g/mol. The number of nitriles is 1. The van der Waals surface area contributed by atoms with Crippen LogP contribution in [0.5, 0.6) is 0 Å². The summed E-state index contributed by atoms with van der Waals surface area (Å²) in [6.07, 6.45) is 0.658. The van der Waals surface area contributed by atoms with Crippen LogP contribution in [0, 0.1) is 11.3 Å². The van der Waals surface area contributed by atoms with Crippen LogP contribution in [-0.2, 0) is 22.5 Å². The Morgan fingerprint density at radius 1 is 1.22 bits per heavy atom. The zero-order valence-corrected chi connectivity index (χ0v) is 20.2. The molecule has 5 N–H and O–H groups in total. The van der Waals surface area contributed by atoms with Gasteiger partial charge in [0, 0.05) is 45.8 Å². The van der Waals surface area contributed by atoms with Gasteiger partial charge >= 0.3 is 5.76 Å². The van der Waals surface area contributed by atoms with Crippen LogP contribution >= 0.6 is 0 Å². The lowest BCUT2D eigenvalue weighted by Crippen LogP contribution is -2.46. The fraction of sp³-hybridized carbons (Fsp3) is 0.423. The molecule has 0 saturated carbocycles. The summed E-state index contributed by atoms with van der Waals surface area (Å²) in [5, 5.41) is 18.7. The first-order chi connectivity index (χ1) is 17.6. The van der Waals surface area contributed by atoms with Gasteiger partial charge in [0.15, 0.2) is 5.58 Å². The molecule has 1 aliphatic rings. The van der Waals surface area contributed by atoms with E-state index in [1.807, 2.05) is 36.4 Å². The van der Waals surface area contributed by atoms with E-state index in [1.54, 1.807) is 10.6 Å². The lowest BCUT2D eigenvalue weighted by Gasteiger charge is -2.18. The van der Waals surface area contributed by atoms with Crippen LogP contribution < -0.4 is 27.4 Å². The van der Waals surface area contributed by atoms with Crippen molar-refractivity contribution in [3.8, 4) is 17.2 Å². The molecule has 1 aliphatic heterocycles. The fourth-order valence-corrected chi connectivity index (χ4v) is 4.22. The van der Waals surface area contributed by atoms with Crippen molar-refractivity contribution in [2.24, 2.45) is 5.73 Å². The number of hydrogen-bond donors (Lipinski definition) is 4. The standard InChI is InChI=1S/C26H32N6O4/c27-8-10-29-11-12-32-22-15-20(6-7-23(22)36-26(32)34)19-4-2-18(3-5-19)14-21(16-28)31-25(33)24-17-30-9-1-13-35-24/h2-7,15,21,24,29-30H,1,8-14,17,27H2,(H,31,33)/t21-,24-/m0/s1. The van der Waals surface area contributed by atoms with Crippen LogP contribution in [0.1, 0.15) is 12.0 Å². The Morgan fingerprint density at radius 3 is 2.81 bits per heavy atom.